The first-order valence-electron chi connectivity index (χ1n) is 7.00. The number of nitrogens with one attached hydrogen (secondary N) is 1. The SMILES string of the molecule is CC(=O)N(CC(=O)Nc1cccc(Cl)c1Cl)C1CCCC1. The molecule has 0 saturated heterocycles. The Labute approximate surface area is 134 Å². The van der Waals surface area contributed by atoms with Crippen LogP contribution in [-0.4, -0.2) is 29.3 Å². The zero-order valence-electron chi connectivity index (χ0n) is 11.9. The van der Waals surface area contributed by atoms with Gasteiger partial charge in [0.05, 0.1) is 15.7 Å². The molecule has 0 spiro atoms. The minimum Gasteiger partial charge on any atom is -0.331 e. The van der Waals surface area contributed by atoms with E-state index in [1.54, 1.807) is 23.1 Å². The fourth-order valence-electron chi connectivity index (χ4n) is 2.66. The molecule has 0 atom stereocenters. The fourth-order valence-corrected chi connectivity index (χ4v) is 3.01. The number of nitrogens with zero attached hydrogens (tertiary/aromatic N) is 1. The van der Waals surface area contributed by atoms with Crippen molar-refractivity contribution in [1.29, 1.82) is 0 Å². The molecule has 0 aromatic heterocycles. The Morgan fingerprint density at radius 3 is 2.57 bits per heavy atom. The zero-order chi connectivity index (χ0) is 15.4. The number of hydrogen-bond acceptors (Lipinski definition) is 2. The van der Waals surface area contributed by atoms with Gasteiger partial charge in [0.15, 0.2) is 0 Å². The summed E-state index contributed by atoms with van der Waals surface area (Å²) in [6.07, 6.45) is 4.14. The molecule has 1 N–H and O–H groups in total. The molecule has 2 rings (SSSR count). The number of carbonyl (C=O) groups is 2. The van der Waals surface area contributed by atoms with E-state index < -0.39 is 0 Å². The van der Waals surface area contributed by atoms with Gasteiger partial charge in [0.1, 0.15) is 6.54 Å². The summed E-state index contributed by atoms with van der Waals surface area (Å²) in [6, 6.07) is 5.21. The molecule has 21 heavy (non-hydrogen) atoms. The summed E-state index contributed by atoms with van der Waals surface area (Å²) in [5.74, 6) is -0.337. The van der Waals surface area contributed by atoms with Crippen LogP contribution in [0.2, 0.25) is 10.0 Å². The summed E-state index contributed by atoms with van der Waals surface area (Å²) >= 11 is 11.9. The van der Waals surface area contributed by atoms with Crippen LogP contribution in [0.1, 0.15) is 32.6 Å². The molecule has 1 aliphatic carbocycles. The van der Waals surface area contributed by atoms with Crippen molar-refractivity contribution in [2.24, 2.45) is 0 Å². The standard InChI is InChI=1S/C15H18Cl2N2O2/c1-10(20)19(11-5-2-3-6-11)9-14(21)18-13-8-4-7-12(16)15(13)17/h4,7-8,11H,2-3,5-6,9H2,1H3,(H,18,21). The first-order valence-corrected chi connectivity index (χ1v) is 7.75. The van der Waals surface area contributed by atoms with Crippen LogP contribution < -0.4 is 5.32 Å². The van der Waals surface area contributed by atoms with Crippen LogP contribution in [0.25, 0.3) is 0 Å². The summed E-state index contributed by atoms with van der Waals surface area (Å²) in [4.78, 5) is 25.5. The lowest BCUT2D eigenvalue weighted by atomic mass is 10.2. The first kappa shape index (κ1) is 16.1. The number of benzene rings is 1. The van der Waals surface area contributed by atoms with Crippen molar-refractivity contribution in [1.82, 2.24) is 4.90 Å². The topological polar surface area (TPSA) is 49.4 Å². The van der Waals surface area contributed by atoms with Crippen LogP contribution in [0, 0.1) is 0 Å². The highest BCUT2D eigenvalue weighted by molar-refractivity contribution is 6.44. The molecule has 6 heteroatoms. The zero-order valence-corrected chi connectivity index (χ0v) is 13.4. The van der Waals surface area contributed by atoms with Crippen LogP contribution in [-0.2, 0) is 9.59 Å². The summed E-state index contributed by atoms with van der Waals surface area (Å²) in [7, 11) is 0. The van der Waals surface area contributed by atoms with Gasteiger partial charge in [-0.1, -0.05) is 42.1 Å². The highest BCUT2D eigenvalue weighted by atomic mass is 35.5. The summed E-state index contributed by atoms with van der Waals surface area (Å²) in [5.41, 5.74) is 0.462. The molecule has 0 unspecified atom stereocenters. The molecule has 0 bridgehead atoms. The van der Waals surface area contributed by atoms with Gasteiger partial charge in [-0.25, -0.2) is 0 Å². The second-order valence-electron chi connectivity index (χ2n) is 5.23. The van der Waals surface area contributed by atoms with Gasteiger partial charge in [-0.15, -0.1) is 0 Å². The Morgan fingerprint density at radius 2 is 1.95 bits per heavy atom. The molecule has 1 fully saturated rings. The van der Waals surface area contributed by atoms with Crippen molar-refractivity contribution in [3.05, 3.63) is 28.2 Å². The third-order valence-electron chi connectivity index (χ3n) is 3.71. The van der Waals surface area contributed by atoms with E-state index in [9.17, 15) is 9.59 Å². The molecule has 2 amide bonds. The molecule has 1 aliphatic rings. The molecule has 1 aromatic carbocycles. The third-order valence-corrected chi connectivity index (χ3v) is 4.53. The maximum absolute atomic E-state index is 12.1. The maximum atomic E-state index is 12.1. The molecule has 0 radical (unpaired) electrons. The fraction of sp³-hybridized carbons (Fsp3) is 0.467. The molecular formula is C15H18Cl2N2O2. The van der Waals surface area contributed by atoms with Crippen LogP contribution in [0.5, 0.6) is 0 Å². The Morgan fingerprint density at radius 1 is 1.29 bits per heavy atom. The third kappa shape index (κ3) is 4.11. The number of halogens is 2. The first-order chi connectivity index (χ1) is 9.99. The summed E-state index contributed by atoms with van der Waals surface area (Å²) in [6.45, 7) is 1.54. The Balaban J connectivity index is 2.02. The Bertz CT molecular complexity index is 542. The molecule has 0 aliphatic heterocycles. The molecule has 4 nitrogen and oxygen atoms in total. The van der Waals surface area contributed by atoms with Crippen molar-refractivity contribution in [3.8, 4) is 0 Å². The average molecular weight is 329 g/mol. The lowest BCUT2D eigenvalue weighted by molar-refractivity contribution is -0.135. The van der Waals surface area contributed by atoms with E-state index in [1.165, 1.54) is 6.92 Å². The van der Waals surface area contributed by atoms with E-state index in [0.29, 0.717) is 15.7 Å². The van der Waals surface area contributed by atoms with E-state index >= 15 is 0 Å². The maximum Gasteiger partial charge on any atom is 0.244 e. The van der Waals surface area contributed by atoms with Gasteiger partial charge in [-0.3, -0.25) is 9.59 Å². The van der Waals surface area contributed by atoms with Crippen LogP contribution in [0.4, 0.5) is 5.69 Å². The predicted octanol–water partition coefficient (Wildman–Crippen LogP) is 3.72. The normalized spacial score (nSPS) is 15.0. The average Bonchev–Trinajstić information content (AvgIpc) is 2.95. The highest BCUT2D eigenvalue weighted by Gasteiger charge is 2.26. The number of rotatable bonds is 4. The largest absolute Gasteiger partial charge is 0.331 e. The molecule has 1 saturated carbocycles. The van der Waals surface area contributed by atoms with Gasteiger partial charge < -0.3 is 10.2 Å². The van der Waals surface area contributed by atoms with E-state index in [0.717, 1.165) is 25.7 Å². The van der Waals surface area contributed by atoms with E-state index in [1.807, 2.05) is 0 Å². The predicted molar refractivity (Wildman–Crippen MR) is 84.7 cm³/mol. The number of amides is 2. The minimum absolute atomic E-state index is 0.0445. The van der Waals surface area contributed by atoms with Crippen molar-refractivity contribution >= 4 is 40.7 Å². The van der Waals surface area contributed by atoms with Gasteiger partial charge >= 0.3 is 0 Å². The summed E-state index contributed by atoms with van der Waals surface area (Å²) < 4.78 is 0. The number of carbonyl (C=O) groups excluding carboxylic acids is 2. The van der Waals surface area contributed by atoms with Crippen LogP contribution >= 0.6 is 23.2 Å². The summed E-state index contributed by atoms with van der Waals surface area (Å²) in [5, 5.41) is 3.40. The van der Waals surface area contributed by atoms with E-state index in [4.69, 9.17) is 23.2 Å². The van der Waals surface area contributed by atoms with Gasteiger partial charge in [0, 0.05) is 13.0 Å². The van der Waals surface area contributed by atoms with Crippen LogP contribution in [0.3, 0.4) is 0 Å². The van der Waals surface area contributed by atoms with E-state index in [-0.39, 0.29) is 24.4 Å². The van der Waals surface area contributed by atoms with E-state index in [2.05, 4.69) is 5.32 Å². The lowest BCUT2D eigenvalue weighted by Gasteiger charge is -2.27. The van der Waals surface area contributed by atoms with Crippen molar-refractivity contribution < 1.29 is 9.59 Å². The van der Waals surface area contributed by atoms with Gasteiger partial charge in [0.25, 0.3) is 0 Å². The van der Waals surface area contributed by atoms with Gasteiger partial charge in [-0.05, 0) is 25.0 Å². The quantitative estimate of drug-likeness (QED) is 0.915. The molecule has 114 valence electrons. The molecule has 1 aromatic rings. The van der Waals surface area contributed by atoms with Gasteiger partial charge in [-0.2, -0.15) is 0 Å². The molecular weight excluding hydrogens is 311 g/mol. The lowest BCUT2D eigenvalue weighted by Crippen LogP contribution is -2.42. The number of anilines is 1. The van der Waals surface area contributed by atoms with Gasteiger partial charge in [0.2, 0.25) is 11.8 Å². The highest BCUT2D eigenvalue weighted by Crippen LogP contribution is 2.29. The smallest absolute Gasteiger partial charge is 0.244 e. The van der Waals surface area contributed by atoms with Crippen molar-refractivity contribution in [2.75, 3.05) is 11.9 Å². The molecule has 0 heterocycles. The monoisotopic (exact) mass is 328 g/mol. The van der Waals surface area contributed by atoms with Crippen LogP contribution in [0.15, 0.2) is 18.2 Å². The second kappa shape index (κ2) is 7.14. The minimum atomic E-state index is -0.263. The Kier molecular flexibility index (Phi) is 5.48. The number of hydrogen-bond donors (Lipinski definition) is 1. The van der Waals surface area contributed by atoms with Crippen molar-refractivity contribution in [2.45, 2.75) is 38.6 Å². The Hall–Kier alpha value is -1.26. The second-order valence-corrected chi connectivity index (χ2v) is 6.02. The van der Waals surface area contributed by atoms with Crippen molar-refractivity contribution in [3.63, 3.8) is 0 Å².